The first-order chi connectivity index (χ1) is 26.3. The average Bonchev–Trinajstić information content (AvgIpc) is 3.90. The molecule has 0 N–H and O–H groups in total. The molecule has 0 saturated heterocycles. The van der Waals surface area contributed by atoms with Crippen molar-refractivity contribution < 1.29 is 4.42 Å². The van der Waals surface area contributed by atoms with Gasteiger partial charge in [0.15, 0.2) is 0 Å². The maximum absolute atomic E-state index is 6.55. The Bertz CT molecular complexity index is 3460. The zero-order valence-corrected chi connectivity index (χ0v) is 29.1. The predicted octanol–water partition coefficient (Wildman–Crippen LogP) is 13.5. The van der Waals surface area contributed by atoms with Gasteiger partial charge in [-0.15, -0.1) is 11.3 Å². The Morgan fingerprint density at radius 2 is 1.13 bits per heavy atom. The quantitative estimate of drug-likeness (QED) is 0.185. The van der Waals surface area contributed by atoms with Crippen molar-refractivity contribution in [2.24, 2.45) is 0 Å². The SMILES string of the molecule is c1ccc2cc(-c3ccc(-c4nc(-n5c6ccccc6c6c7c8ccccc8sc7c7ccccc7c65)nc5oc6ccccc6c45)cc3)ccc2c1. The zero-order chi connectivity index (χ0) is 34.6. The van der Waals surface area contributed by atoms with Crippen molar-refractivity contribution in [2.75, 3.05) is 0 Å². The highest BCUT2D eigenvalue weighted by Gasteiger charge is 2.25. The Morgan fingerprint density at radius 1 is 0.472 bits per heavy atom. The molecule has 12 aromatic rings. The van der Waals surface area contributed by atoms with Gasteiger partial charge in [-0.2, -0.15) is 4.98 Å². The molecule has 0 unspecified atom stereocenters. The zero-order valence-electron chi connectivity index (χ0n) is 28.2. The number of benzene rings is 8. The van der Waals surface area contributed by atoms with Crippen molar-refractivity contribution >= 4 is 96.9 Å². The van der Waals surface area contributed by atoms with Gasteiger partial charge < -0.3 is 4.42 Å². The largest absolute Gasteiger partial charge is 0.437 e. The molecule has 4 nitrogen and oxygen atoms in total. The number of furan rings is 1. The van der Waals surface area contributed by atoms with Crippen molar-refractivity contribution in [2.45, 2.75) is 0 Å². The van der Waals surface area contributed by atoms with Gasteiger partial charge in [0.2, 0.25) is 11.7 Å². The second kappa shape index (κ2) is 10.8. The molecule has 0 amide bonds. The van der Waals surface area contributed by atoms with E-state index >= 15 is 0 Å². The van der Waals surface area contributed by atoms with Crippen molar-refractivity contribution in [3.8, 4) is 28.3 Å². The Hall–Kier alpha value is -6.82. The lowest BCUT2D eigenvalue weighted by Gasteiger charge is -2.12. The van der Waals surface area contributed by atoms with Crippen LogP contribution in [0.1, 0.15) is 0 Å². The molecule has 0 bridgehead atoms. The van der Waals surface area contributed by atoms with Crippen LogP contribution in [0.3, 0.4) is 0 Å². The predicted molar refractivity (Wildman–Crippen MR) is 222 cm³/mol. The molecule has 4 heterocycles. The van der Waals surface area contributed by atoms with Crippen LogP contribution in [0.4, 0.5) is 0 Å². The van der Waals surface area contributed by atoms with Gasteiger partial charge in [-0.1, -0.05) is 140 Å². The second-order valence-electron chi connectivity index (χ2n) is 13.7. The van der Waals surface area contributed by atoms with E-state index in [1.54, 1.807) is 0 Å². The second-order valence-corrected chi connectivity index (χ2v) is 14.8. The smallest absolute Gasteiger partial charge is 0.238 e. The first-order valence-electron chi connectivity index (χ1n) is 17.8. The Balaban J connectivity index is 1.17. The highest BCUT2D eigenvalue weighted by molar-refractivity contribution is 7.27. The number of thiophene rings is 1. The minimum absolute atomic E-state index is 0.571. The summed E-state index contributed by atoms with van der Waals surface area (Å²) >= 11 is 1.87. The number of fused-ring (bicyclic) bond motifs is 14. The summed E-state index contributed by atoms with van der Waals surface area (Å²) in [6, 6.07) is 58.3. The normalized spacial score (nSPS) is 12.2. The van der Waals surface area contributed by atoms with Gasteiger partial charge in [-0.25, -0.2) is 4.98 Å². The molecule has 0 aliphatic heterocycles. The van der Waals surface area contributed by atoms with Crippen LogP contribution in [-0.4, -0.2) is 14.5 Å². The third-order valence-corrected chi connectivity index (χ3v) is 12.0. The molecule has 246 valence electrons. The van der Waals surface area contributed by atoms with Crippen LogP contribution in [-0.2, 0) is 0 Å². The molecule has 0 aliphatic rings. The van der Waals surface area contributed by atoms with Crippen LogP contribution < -0.4 is 0 Å². The minimum Gasteiger partial charge on any atom is -0.437 e. The summed E-state index contributed by atoms with van der Waals surface area (Å²) in [5.41, 5.74) is 7.72. The highest BCUT2D eigenvalue weighted by Crippen LogP contribution is 2.48. The lowest BCUT2D eigenvalue weighted by molar-refractivity contribution is 0.651. The van der Waals surface area contributed by atoms with Gasteiger partial charge >= 0.3 is 0 Å². The lowest BCUT2D eigenvalue weighted by Crippen LogP contribution is -2.03. The van der Waals surface area contributed by atoms with Gasteiger partial charge in [0, 0.05) is 52.7 Å². The van der Waals surface area contributed by atoms with E-state index < -0.39 is 0 Å². The van der Waals surface area contributed by atoms with Crippen LogP contribution in [0.25, 0.3) is 114 Å². The summed E-state index contributed by atoms with van der Waals surface area (Å²) in [6.07, 6.45) is 0. The summed E-state index contributed by atoms with van der Waals surface area (Å²) in [5, 5.41) is 11.7. The van der Waals surface area contributed by atoms with E-state index in [1.807, 2.05) is 29.5 Å². The topological polar surface area (TPSA) is 43.9 Å². The van der Waals surface area contributed by atoms with Crippen molar-refractivity contribution in [1.29, 1.82) is 0 Å². The maximum Gasteiger partial charge on any atom is 0.238 e. The molecule has 8 aromatic carbocycles. The molecule has 0 fully saturated rings. The van der Waals surface area contributed by atoms with E-state index in [-0.39, 0.29) is 0 Å². The highest BCUT2D eigenvalue weighted by atomic mass is 32.1. The van der Waals surface area contributed by atoms with Crippen LogP contribution in [0.15, 0.2) is 168 Å². The number of para-hydroxylation sites is 2. The molecule has 0 aliphatic carbocycles. The van der Waals surface area contributed by atoms with Crippen LogP contribution in [0.5, 0.6) is 0 Å². The minimum atomic E-state index is 0.571. The van der Waals surface area contributed by atoms with Gasteiger partial charge in [-0.3, -0.25) is 4.57 Å². The van der Waals surface area contributed by atoms with Crippen molar-refractivity contribution in [3.05, 3.63) is 164 Å². The first-order valence-corrected chi connectivity index (χ1v) is 18.6. The molecular weight excluding hydrogens is 667 g/mol. The summed E-state index contributed by atoms with van der Waals surface area (Å²) in [5.74, 6) is 0.584. The number of hydrogen-bond acceptors (Lipinski definition) is 4. The van der Waals surface area contributed by atoms with Crippen LogP contribution >= 0.6 is 11.3 Å². The van der Waals surface area contributed by atoms with E-state index in [9.17, 15) is 0 Å². The molecule has 0 spiro atoms. The Kier molecular flexibility index (Phi) is 5.90. The summed E-state index contributed by atoms with van der Waals surface area (Å²) in [7, 11) is 0. The molecule has 0 radical (unpaired) electrons. The third kappa shape index (κ3) is 4.11. The summed E-state index contributed by atoms with van der Waals surface area (Å²) in [4.78, 5) is 10.8. The molecule has 12 rings (SSSR count). The van der Waals surface area contributed by atoms with E-state index in [0.717, 1.165) is 44.2 Å². The van der Waals surface area contributed by atoms with Crippen molar-refractivity contribution in [3.63, 3.8) is 0 Å². The number of rotatable bonds is 3. The molecule has 0 saturated carbocycles. The average molecular weight is 694 g/mol. The van der Waals surface area contributed by atoms with E-state index in [0.29, 0.717) is 11.7 Å². The summed E-state index contributed by atoms with van der Waals surface area (Å²) < 4.78 is 11.4. The standard InChI is InChI=1S/C48H27N3OS/c1-2-12-31-27-32(26-23-28(31)11-1)29-21-24-30(25-22-29)44-43-36-16-6-9-19-39(36)52-47(43)50-48(49-44)51-38-18-8-5-15-35(38)41-42-37-17-7-10-20-40(37)53-46(42)34-14-4-3-13-33(34)45(41)51/h1-27H. The van der Waals surface area contributed by atoms with Gasteiger partial charge in [-0.05, 0) is 46.2 Å². The molecule has 4 aromatic heterocycles. The fourth-order valence-electron chi connectivity index (χ4n) is 8.44. The van der Waals surface area contributed by atoms with Crippen molar-refractivity contribution in [1.82, 2.24) is 14.5 Å². The monoisotopic (exact) mass is 693 g/mol. The number of nitrogens with zero attached hydrogens (tertiary/aromatic N) is 3. The Morgan fingerprint density at radius 3 is 2.00 bits per heavy atom. The number of aromatic nitrogens is 3. The third-order valence-electron chi connectivity index (χ3n) is 10.8. The Labute approximate surface area is 306 Å². The van der Waals surface area contributed by atoms with E-state index in [4.69, 9.17) is 14.4 Å². The lowest BCUT2D eigenvalue weighted by atomic mass is 9.99. The van der Waals surface area contributed by atoms with E-state index in [2.05, 4.69) is 150 Å². The number of hydrogen-bond donors (Lipinski definition) is 0. The first kappa shape index (κ1) is 28.8. The fourth-order valence-corrected chi connectivity index (χ4v) is 9.69. The molecular formula is C48H27N3OS. The molecule has 0 atom stereocenters. The summed E-state index contributed by atoms with van der Waals surface area (Å²) in [6.45, 7) is 0. The van der Waals surface area contributed by atoms with Gasteiger partial charge in [0.05, 0.1) is 22.1 Å². The van der Waals surface area contributed by atoms with Crippen LogP contribution in [0, 0.1) is 0 Å². The van der Waals surface area contributed by atoms with Crippen LogP contribution in [0.2, 0.25) is 0 Å². The maximum atomic E-state index is 6.55. The fraction of sp³-hybridized carbons (Fsp3) is 0. The molecule has 5 heteroatoms. The van der Waals surface area contributed by atoms with E-state index in [1.165, 1.54) is 58.1 Å². The molecule has 53 heavy (non-hydrogen) atoms. The van der Waals surface area contributed by atoms with Gasteiger partial charge in [0.1, 0.15) is 5.58 Å². The van der Waals surface area contributed by atoms with Gasteiger partial charge in [0.25, 0.3) is 0 Å².